The van der Waals surface area contributed by atoms with Crippen molar-refractivity contribution in [3.63, 3.8) is 0 Å². The minimum absolute atomic E-state index is 0.239. The van der Waals surface area contributed by atoms with E-state index in [9.17, 15) is 24.2 Å². The van der Waals surface area contributed by atoms with E-state index < -0.39 is 29.4 Å². The van der Waals surface area contributed by atoms with Gasteiger partial charge in [-0.25, -0.2) is 4.39 Å². The second kappa shape index (κ2) is 8.37. The highest BCUT2D eigenvalue weighted by atomic mass is 79.9. The van der Waals surface area contributed by atoms with E-state index in [1.165, 1.54) is 10.6 Å². The molecular formula is C22H21BrFNO4. The average molecular weight is 462 g/mol. The van der Waals surface area contributed by atoms with E-state index in [1.807, 2.05) is 6.92 Å². The lowest BCUT2D eigenvalue weighted by Crippen LogP contribution is -2.16. The minimum Gasteiger partial charge on any atom is -0.505 e. The second-order valence-corrected chi connectivity index (χ2v) is 7.92. The molecule has 29 heavy (non-hydrogen) atoms. The van der Waals surface area contributed by atoms with Gasteiger partial charge < -0.3 is 10.2 Å². The van der Waals surface area contributed by atoms with Crippen LogP contribution in [0.5, 0.6) is 5.75 Å². The lowest BCUT2D eigenvalue weighted by Gasteiger charge is -2.13. The Hall–Kier alpha value is -2.67. The summed E-state index contributed by atoms with van der Waals surface area (Å²) in [4.78, 5) is 25.2. The number of hydrogen-bond acceptors (Lipinski definition) is 3. The molecule has 1 atom stereocenters. The van der Waals surface area contributed by atoms with Crippen molar-refractivity contribution in [3.8, 4) is 5.75 Å². The van der Waals surface area contributed by atoms with Gasteiger partial charge in [-0.05, 0) is 49.2 Å². The number of unbranched alkanes of at least 4 members (excludes halogenated alkanes) is 1. The predicted molar refractivity (Wildman–Crippen MR) is 112 cm³/mol. The van der Waals surface area contributed by atoms with Gasteiger partial charge in [-0.1, -0.05) is 35.7 Å². The molecule has 0 spiro atoms. The molecule has 0 bridgehead atoms. The lowest BCUT2D eigenvalue weighted by atomic mass is 9.91. The minimum atomic E-state index is -1.01. The summed E-state index contributed by atoms with van der Waals surface area (Å²) < 4.78 is 16.3. The van der Waals surface area contributed by atoms with Crippen molar-refractivity contribution in [1.82, 2.24) is 4.57 Å². The summed E-state index contributed by atoms with van der Waals surface area (Å²) >= 11 is 3.32. The number of phenolic OH excluding ortho intramolecular Hbond substituents is 1. The van der Waals surface area contributed by atoms with Crippen molar-refractivity contribution in [2.45, 2.75) is 39.0 Å². The highest BCUT2D eigenvalue weighted by Crippen LogP contribution is 2.38. The van der Waals surface area contributed by atoms with Crippen molar-refractivity contribution in [2.24, 2.45) is 0 Å². The van der Waals surface area contributed by atoms with E-state index in [-0.39, 0.29) is 5.52 Å². The predicted octanol–water partition coefficient (Wildman–Crippen LogP) is 5.60. The molecule has 1 unspecified atom stereocenters. The standard InChI is InChI=1S/C22H21BrFNO4/c1-3-4-5-15(22(28)29)20-12(2)25(18-11-17(24)19(26)10-16(18)20)21(27)13-6-8-14(23)9-7-13/h6-11,15,26H,3-5H2,1-2H3,(H,28,29). The molecule has 3 aromatic rings. The van der Waals surface area contributed by atoms with Crippen LogP contribution in [0.3, 0.4) is 0 Å². The number of carbonyl (C=O) groups excluding carboxylic acids is 1. The van der Waals surface area contributed by atoms with E-state index in [0.717, 1.165) is 17.0 Å². The van der Waals surface area contributed by atoms with Gasteiger partial charge in [0.05, 0.1) is 11.4 Å². The summed E-state index contributed by atoms with van der Waals surface area (Å²) in [5.74, 6) is -3.71. The number of phenols is 1. The van der Waals surface area contributed by atoms with Crippen molar-refractivity contribution in [2.75, 3.05) is 0 Å². The van der Waals surface area contributed by atoms with Crippen LogP contribution in [0.15, 0.2) is 40.9 Å². The maximum Gasteiger partial charge on any atom is 0.311 e. The quantitative estimate of drug-likeness (QED) is 0.500. The Morgan fingerprint density at radius 2 is 1.86 bits per heavy atom. The Morgan fingerprint density at radius 1 is 1.21 bits per heavy atom. The van der Waals surface area contributed by atoms with Crippen molar-refractivity contribution in [1.29, 1.82) is 0 Å². The fraction of sp³-hybridized carbons (Fsp3) is 0.273. The number of halogens is 2. The zero-order valence-electron chi connectivity index (χ0n) is 16.1. The second-order valence-electron chi connectivity index (χ2n) is 7.00. The molecule has 0 amide bonds. The molecule has 1 aromatic heterocycles. The number of rotatable bonds is 6. The molecule has 152 valence electrons. The third-order valence-corrected chi connectivity index (χ3v) is 5.64. The van der Waals surface area contributed by atoms with E-state index in [4.69, 9.17) is 0 Å². The normalized spacial score (nSPS) is 12.3. The molecule has 2 N–H and O–H groups in total. The first kappa shape index (κ1) is 21.0. The van der Waals surface area contributed by atoms with Crippen LogP contribution in [-0.4, -0.2) is 26.7 Å². The molecule has 0 saturated heterocycles. The van der Waals surface area contributed by atoms with Crippen molar-refractivity contribution < 1.29 is 24.2 Å². The Kier molecular flexibility index (Phi) is 6.07. The van der Waals surface area contributed by atoms with Gasteiger partial charge in [-0.2, -0.15) is 0 Å². The first-order valence-electron chi connectivity index (χ1n) is 9.32. The van der Waals surface area contributed by atoms with Gasteiger partial charge in [0.2, 0.25) is 0 Å². The third kappa shape index (κ3) is 3.92. The molecule has 0 aliphatic heterocycles. The SMILES string of the molecule is CCCCC(C(=O)O)c1c(C)n(C(=O)c2ccc(Br)cc2)c2cc(F)c(O)cc12. The summed E-state index contributed by atoms with van der Waals surface area (Å²) in [6.07, 6.45) is 1.90. The maximum atomic E-state index is 14.2. The number of benzene rings is 2. The molecule has 5 nitrogen and oxygen atoms in total. The van der Waals surface area contributed by atoms with Gasteiger partial charge in [0.15, 0.2) is 11.6 Å². The smallest absolute Gasteiger partial charge is 0.311 e. The number of nitrogens with zero attached hydrogens (tertiary/aromatic N) is 1. The number of carboxylic acids is 1. The number of aliphatic carboxylic acids is 1. The monoisotopic (exact) mass is 461 g/mol. The number of hydrogen-bond donors (Lipinski definition) is 2. The van der Waals surface area contributed by atoms with Gasteiger partial charge in [-0.15, -0.1) is 0 Å². The summed E-state index contributed by atoms with van der Waals surface area (Å²) in [5, 5.41) is 20.1. The first-order valence-corrected chi connectivity index (χ1v) is 10.1. The number of aromatic nitrogens is 1. The van der Waals surface area contributed by atoms with Crippen LogP contribution in [0.2, 0.25) is 0 Å². The average Bonchev–Trinajstić information content (AvgIpc) is 2.94. The zero-order chi connectivity index (χ0) is 21.3. The highest BCUT2D eigenvalue weighted by Gasteiger charge is 2.29. The number of carboxylic acid groups (broad SMARTS) is 1. The Morgan fingerprint density at radius 3 is 2.45 bits per heavy atom. The molecule has 7 heteroatoms. The molecule has 0 aliphatic rings. The fourth-order valence-electron chi connectivity index (χ4n) is 3.67. The van der Waals surface area contributed by atoms with Crippen LogP contribution in [0.25, 0.3) is 10.9 Å². The topological polar surface area (TPSA) is 79.5 Å². The van der Waals surface area contributed by atoms with Gasteiger partial charge >= 0.3 is 5.97 Å². The Balaban J connectivity index is 2.29. The van der Waals surface area contributed by atoms with Gasteiger partial charge in [0, 0.05) is 27.2 Å². The molecule has 0 aliphatic carbocycles. The van der Waals surface area contributed by atoms with Crippen LogP contribution >= 0.6 is 15.9 Å². The Labute approximate surface area is 175 Å². The number of carbonyl (C=O) groups is 2. The largest absolute Gasteiger partial charge is 0.505 e. The first-order chi connectivity index (χ1) is 13.8. The van der Waals surface area contributed by atoms with E-state index in [2.05, 4.69) is 15.9 Å². The van der Waals surface area contributed by atoms with Crippen molar-refractivity contribution >= 4 is 38.7 Å². The number of aromatic hydroxyl groups is 1. The lowest BCUT2D eigenvalue weighted by molar-refractivity contribution is -0.139. The van der Waals surface area contributed by atoms with Crippen molar-refractivity contribution in [3.05, 3.63) is 63.5 Å². The summed E-state index contributed by atoms with van der Waals surface area (Å²) in [6.45, 7) is 3.62. The van der Waals surface area contributed by atoms with Crippen LogP contribution in [-0.2, 0) is 4.79 Å². The van der Waals surface area contributed by atoms with E-state index in [0.29, 0.717) is 35.0 Å². The summed E-state index contributed by atoms with van der Waals surface area (Å²) in [6, 6.07) is 9.02. The van der Waals surface area contributed by atoms with Gasteiger partial charge in [0.1, 0.15) is 0 Å². The van der Waals surface area contributed by atoms with E-state index >= 15 is 0 Å². The number of fused-ring (bicyclic) bond motifs is 1. The van der Waals surface area contributed by atoms with Crippen LogP contribution < -0.4 is 0 Å². The molecular weight excluding hydrogens is 441 g/mol. The van der Waals surface area contributed by atoms with E-state index in [1.54, 1.807) is 31.2 Å². The van der Waals surface area contributed by atoms with Gasteiger partial charge in [0.25, 0.3) is 5.91 Å². The summed E-state index contributed by atoms with van der Waals surface area (Å²) in [7, 11) is 0. The van der Waals surface area contributed by atoms with Crippen LogP contribution in [0.1, 0.15) is 53.7 Å². The molecule has 3 rings (SSSR count). The molecule has 2 aromatic carbocycles. The fourth-order valence-corrected chi connectivity index (χ4v) is 3.94. The molecule has 0 fully saturated rings. The highest BCUT2D eigenvalue weighted by molar-refractivity contribution is 9.10. The van der Waals surface area contributed by atoms with Crippen LogP contribution in [0.4, 0.5) is 4.39 Å². The molecule has 1 heterocycles. The van der Waals surface area contributed by atoms with Gasteiger partial charge in [-0.3, -0.25) is 14.2 Å². The Bertz CT molecular complexity index is 1090. The zero-order valence-corrected chi connectivity index (χ0v) is 17.7. The summed E-state index contributed by atoms with van der Waals surface area (Å²) in [5.41, 5.74) is 1.49. The van der Waals surface area contributed by atoms with Crippen LogP contribution in [0, 0.1) is 12.7 Å². The molecule has 0 radical (unpaired) electrons. The third-order valence-electron chi connectivity index (χ3n) is 5.11. The molecule has 0 saturated carbocycles. The maximum absolute atomic E-state index is 14.2.